The van der Waals surface area contributed by atoms with E-state index in [9.17, 15) is 0 Å². The number of hydrogen-bond acceptors (Lipinski definition) is 6. The summed E-state index contributed by atoms with van der Waals surface area (Å²) in [6.07, 6.45) is -0.0231. The van der Waals surface area contributed by atoms with Crippen molar-refractivity contribution < 1.29 is 4.74 Å². The first-order valence-corrected chi connectivity index (χ1v) is 7.05. The number of nitrogens with zero attached hydrogens (tertiary/aromatic N) is 3. The van der Waals surface area contributed by atoms with Crippen LogP contribution < -0.4 is 15.8 Å². The maximum atomic E-state index is 5.72. The number of para-hydroxylation sites is 1. The summed E-state index contributed by atoms with van der Waals surface area (Å²) in [4.78, 5) is 12.9. The van der Waals surface area contributed by atoms with Crippen LogP contribution in [-0.4, -0.2) is 21.1 Å². The van der Waals surface area contributed by atoms with E-state index < -0.39 is 0 Å². The van der Waals surface area contributed by atoms with Gasteiger partial charge in [0.15, 0.2) is 5.52 Å². The SMILES string of the molecule is CC(C)Oc1nc(N)nc2ccc(Nc3ccccc3)nc12. The van der Waals surface area contributed by atoms with Crippen molar-refractivity contribution in [3.05, 3.63) is 42.5 Å². The number of pyridine rings is 1. The highest BCUT2D eigenvalue weighted by Gasteiger charge is 2.11. The zero-order chi connectivity index (χ0) is 15.5. The van der Waals surface area contributed by atoms with Crippen LogP contribution in [0.15, 0.2) is 42.5 Å². The molecule has 2 aromatic heterocycles. The monoisotopic (exact) mass is 295 g/mol. The standard InChI is InChI=1S/C16H17N5O/c1-10(2)22-15-14-12(19-16(17)21-15)8-9-13(20-14)18-11-6-4-3-5-7-11/h3-10H,1-2H3,(H,18,20)(H2,17,19,21). The number of aromatic nitrogens is 3. The van der Waals surface area contributed by atoms with Gasteiger partial charge in [-0.2, -0.15) is 4.98 Å². The fourth-order valence-electron chi connectivity index (χ4n) is 2.05. The third-order valence-electron chi connectivity index (χ3n) is 2.92. The van der Waals surface area contributed by atoms with E-state index in [0.717, 1.165) is 5.69 Å². The van der Waals surface area contributed by atoms with E-state index in [-0.39, 0.29) is 12.1 Å². The summed E-state index contributed by atoms with van der Waals surface area (Å²) in [6, 6.07) is 13.5. The molecule has 0 fully saturated rings. The summed E-state index contributed by atoms with van der Waals surface area (Å²) < 4.78 is 5.69. The summed E-state index contributed by atoms with van der Waals surface area (Å²) in [6.45, 7) is 3.85. The molecule has 0 bridgehead atoms. The molecule has 3 rings (SSSR count). The van der Waals surface area contributed by atoms with Gasteiger partial charge in [-0.1, -0.05) is 18.2 Å². The van der Waals surface area contributed by atoms with Crippen LogP contribution >= 0.6 is 0 Å². The maximum absolute atomic E-state index is 5.72. The average molecular weight is 295 g/mol. The average Bonchev–Trinajstić information content (AvgIpc) is 2.48. The molecule has 0 atom stereocenters. The molecule has 22 heavy (non-hydrogen) atoms. The molecule has 0 spiro atoms. The smallest absolute Gasteiger partial charge is 0.245 e. The van der Waals surface area contributed by atoms with Crippen molar-refractivity contribution in [3.63, 3.8) is 0 Å². The van der Waals surface area contributed by atoms with Crippen LogP contribution in [0.25, 0.3) is 11.0 Å². The predicted molar refractivity (Wildman–Crippen MR) is 87.2 cm³/mol. The highest BCUT2D eigenvalue weighted by Crippen LogP contribution is 2.25. The van der Waals surface area contributed by atoms with E-state index >= 15 is 0 Å². The van der Waals surface area contributed by atoms with E-state index in [1.807, 2.05) is 56.3 Å². The van der Waals surface area contributed by atoms with E-state index in [4.69, 9.17) is 10.5 Å². The molecule has 0 aliphatic carbocycles. The van der Waals surface area contributed by atoms with Crippen LogP contribution in [0.3, 0.4) is 0 Å². The first-order chi connectivity index (χ1) is 10.6. The lowest BCUT2D eigenvalue weighted by molar-refractivity contribution is 0.235. The molecule has 0 amide bonds. The number of nitrogen functional groups attached to an aromatic ring is 1. The lowest BCUT2D eigenvalue weighted by Gasteiger charge is -2.12. The molecule has 6 heteroatoms. The van der Waals surface area contributed by atoms with Crippen molar-refractivity contribution in [2.24, 2.45) is 0 Å². The van der Waals surface area contributed by atoms with Gasteiger partial charge in [-0.05, 0) is 38.1 Å². The summed E-state index contributed by atoms with van der Waals surface area (Å²) >= 11 is 0. The molecule has 0 saturated heterocycles. The molecular weight excluding hydrogens is 278 g/mol. The predicted octanol–water partition coefficient (Wildman–Crippen LogP) is 3.14. The zero-order valence-electron chi connectivity index (χ0n) is 12.4. The second-order valence-corrected chi connectivity index (χ2v) is 5.11. The van der Waals surface area contributed by atoms with Gasteiger partial charge in [0.2, 0.25) is 11.8 Å². The summed E-state index contributed by atoms with van der Waals surface area (Å²) in [7, 11) is 0. The van der Waals surface area contributed by atoms with Gasteiger partial charge in [0.25, 0.3) is 0 Å². The third kappa shape index (κ3) is 3.06. The molecule has 3 N–H and O–H groups in total. The Morgan fingerprint density at radius 1 is 1.00 bits per heavy atom. The number of benzene rings is 1. The van der Waals surface area contributed by atoms with E-state index in [1.165, 1.54) is 0 Å². The molecule has 1 aromatic carbocycles. The number of hydrogen-bond donors (Lipinski definition) is 2. The Hall–Kier alpha value is -2.89. The fourth-order valence-corrected chi connectivity index (χ4v) is 2.05. The molecule has 112 valence electrons. The molecule has 3 aromatic rings. The Morgan fingerprint density at radius 2 is 1.77 bits per heavy atom. The van der Waals surface area contributed by atoms with Gasteiger partial charge in [0.05, 0.1) is 11.6 Å². The van der Waals surface area contributed by atoms with Crippen molar-refractivity contribution in [3.8, 4) is 5.88 Å². The van der Waals surface area contributed by atoms with Gasteiger partial charge >= 0.3 is 0 Å². The van der Waals surface area contributed by atoms with Crippen LogP contribution in [0.4, 0.5) is 17.5 Å². The van der Waals surface area contributed by atoms with E-state index in [0.29, 0.717) is 22.7 Å². The van der Waals surface area contributed by atoms with Crippen molar-refractivity contribution in [1.82, 2.24) is 15.0 Å². The van der Waals surface area contributed by atoms with E-state index in [1.54, 1.807) is 0 Å². The third-order valence-corrected chi connectivity index (χ3v) is 2.92. The zero-order valence-corrected chi connectivity index (χ0v) is 12.4. The topological polar surface area (TPSA) is 86.0 Å². The van der Waals surface area contributed by atoms with Crippen LogP contribution in [0.2, 0.25) is 0 Å². The molecule has 2 heterocycles. The first kappa shape index (κ1) is 14.1. The number of nitrogens with two attached hydrogens (primary N) is 1. The molecule has 6 nitrogen and oxygen atoms in total. The second kappa shape index (κ2) is 5.85. The minimum atomic E-state index is -0.0231. The van der Waals surface area contributed by atoms with Crippen molar-refractivity contribution in [2.75, 3.05) is 11.1 Å². The largest absolute Gasteiger partial charge is 0.473 e. The lowest BCUT2D eigenvalue weighted by atomic mass is 10.3. The Labute approximate surface area is 128 Å². The van der Waals surface area contributed by atoms with E-state index in [2.05, 4.69) is 20.3 Å². The molecule has 0 unspecified atom stereocenters. The Morgan fingerprint density at radius 3 is 2.50 bits per heavy atom. The number of rotatable bonds is 4. The molecule has 0 radical (unpaired) electrons. The van der Waals surface area contributed by atoms with Gasteiger partial charge in [0, 0.05) is 5.69 Å². The number of nitrogens with one attached hydrogen (secondary N) is 1. The van der Waals surface area contributed by atoms with Crippen molar-refractivity contribution in [2.45, 2.75) is 20.0 Å². The van der Waals surface area contributed by atoms with Crippen LogP contribution in [0.1, 0.15) is 13.8 Å². The highest BCUT2D eigenvalue weighted by molar-refractivity contribution is 5.82. The summed E-state index contributed by atoms with van der Waals surface area (Å²) in [5, 5.41) is 3.24. The minimum absolute atomic E-state index is 0.0231. The molecule has 0 aliphatic heterocycles. The van der Waals surface area contributed by atoms with Crippen molar-refractivity contribution in [1.29, 1.82) is 0 Å². The first-order valence-electron chi connectivity index (χ1n) is 7.05. The Kier molecular flexibility index (Phi) is 3.74. The second-order valence-electron chi connectivity index (χ2n) is 5.11. The molecule has 0 aliphatic rings. The van der Waals surface area contributed by atoms with Crippen LogP contribution in [0, 0.1) is 0 Å². The number of ether oxygens (including phenoxy) is 1. The summed E-state index contributed by atoms with van der Waals surface area (Å²) in [5.74, 6) is 1.27. The fraction of sp³-hybridized carbons (Fsp3) is 0.188. The Balaban J connectivity index is 2.02. The van der Waals surface area contributed by atoms with Crippen LogP contribution in [0.5, 0.6) is 5.88 Å². The van der Waals surface area contributed by atoms with Gasteiger partial charge in [-0.25, -0.2) is 9.97 Å². The van der Waals surface area contributed by atoms with Gasteiger partial charge < -0.3 is 15.8 Å². The summed E-state index contributed by atoms with van der Waals surface area (Å²) in [5.41, 5.74) is 7.91. The van der Waals surface area contributed by atoms with Crippen LogP contribution in [-0.2, 0) is 0 Å². The maximum Gasteiger partial charge on any atom is 0.245 e. The molecular formula is C16H17N5O. The normalized spacial score (nSPS) is 10.9. The number of fused-ring (bicyclic) bond motifs is 1. The molecule has 0 saturated carbocycles. The minimum Gasteiger partial charge on any atom is -0.473 e. The Bertz CT molecular complexity index is 789. The van der Waals surface area contributed by atoms with Gasteiger partial charge in [0.1, 0.15) is 5.82 Å². The van der Waals surface area contributed by atoms with Gasteiger partial charge in [-0.15, -0.1) is 0 Å². The number of anilines is 3. The van der Waals surface area contributed by atoms with Crippen molar-refractivity contribution >= 4 is 28.5 Å². The van der Waals surface area contributed by atoms with Gasteiger partial charge in [-0.3, -0.25) is 0 Å². The quantitative estimate of drug-likeness (QED) is 0.769. The lowest BCUT2D eigenvalue weighted by Crippen LogP contribution is -2.10. The highest BCUT2D eigenvalue weighted by atomic mass is 16.5.